The minimum atomic E-state index is 0.261. The molecule has 2 N–H and O–H groups in total. The van der Waals surface area contributed by atoms with Gasteiger partial charge in [-0.15, -0.1) is 0 Å². The van der Waals surface area contributed by atoms with E-state index in [4.69, 9.17) is 20.4 Å². The number of ether oxygens (including phenoxy) is 1. The number of pyridine rings is 1. The third-order valence-electron chi connectivity index (χ3n) is 6.39. The third-order valence-corrected chi connectivity index (χ3v) is 6.39. The molecule has 0 bridgehead atoms. The molecule has 0 saturated carbocycles. The number of likely N-dealkylation sites (tertiary alicyclic amines) is 1. The topological polar surface area (TPSA) is 63.7 Å². The first-order valence-corrected chi connectivity index (χ1v) is 10.6. The maximum Gasteiger partial charge on any atom is 0.0677 e. The summed E-state index contributed by atoms with van der Waals surface area (Å²) >= 11 is 0. The van der Waals surface area contributed by atoms with E-state index < -0.39 is 0 Å². The SMILES string of the molecule is CO[C@H]1C[C@H](C2N=CCCC2C)N(CCCCN)[C@H](c2ncccc2C)C1. The van der Waals surface area contributed by atoms with Gasteiger partial charge in [0.15, 0.2) is 0 Å². The second-order valence-corrected chi connectivity index (χ2v) is 8.23. The molecule has 150 valence electrons. The molecule has 2 unspecified atom stereocenters. The van der Waals surface area contributed by atoms with Crippen molar-refractivity contribution in [2.45, 2.75) is 76.6 Å². The highest BCUT2D eigenvalue weighted by Crippen LogP contribution is 2.40. The summed E-state index contributed by atoms with van der Waals surface area (Å²) in [6.07, 6.45) is 10.9. The summed E-state index contributed by atoms with van der Waals surface area (Å²) in [7, 11) is 1.85. The molecule has 3 rings (SSSR count). The number of nitrogens with zero attached hydrogens (tertiary/aromatic N) is 3. The maximum absolute atomic E-state index is 5.89. The lowest BCUT2D eigenvalue weighted by molar-refractivity contribution is -0.0378. The van der Waals surface area contributed by atoms with Crippen LogP contribution in [0.4, 0.5) is 0 Å². The normalized spacial score (nSPS) is 31.9. The molecule has 1 saturated heterocycles. The summed E-state index contributed by atoms with van der Waals surface area (Å²) in [5, 5.41) is 0. The monoisotopic (exact) mass is 372 g/mol. The zero-order valence-corrected chi connectivity index (χ0v) is 17.2. The molecular weight excluding hydrogens is 336 g/mol. The molecule has 3 heterocycles. The zero-order chi connectivity index (χ0) is 19.2. The molecule has 1 aromatic rings. The quantitative estimate of drug-likeness (QED) is 0.744. The van der Waals surface area contributed by atoms with Crippen LogP contribution in [0, 0.1) is 12.8 Å². The van der Waals surface area contributed by atoms with Gasteiger partial charge < -0.3 is 10.5 Å². The Kier molecular flexibility index (Phi) is 7.39. The van der Waals surface area contributed by atoms with E-state index in [1.807, 2.05) is 19.4 Å². The first-order chi connectivity index (χ1) is 13.2. The predicted molar refractivity (Wildman–Crippen MR) is 111 cm³/mol. The van der Waals surface area contributed by atoms with E-state index in [-0.39, 0.29) is 12.1 Å². The summed E-state index contributed by atoms with van der Waals surface area (Å²) in [5.41, 5.74) is 8.25. The van der Waals surface area contributed by atoms with Crippen molar-refractivity contribution in [3.05, 3.63) is 29.6 Å². The van der Waals surface area contributed by atoms with E-state index in [2.05, 4.69) is 31.0 Å². The molecule has 0 amide bonds. The van der Waals surface area contributed by atoms with Crippen molar-refractivity contribution in [1.29, 1.82) is 0 Å². The number of methoxy groups -OCH3 is 1. The van der Waals surface area contributed by atoms with E-state index >= 15 is 0 Å². The second kappa shape index (κ2) is 9.76. The van der Waals surface area contributed by atoms with Crippen LogP contribution >= 0.6 is 0 Å². The minimum absolute atomic E-state index is 0.261. The van der Waals surface area contributed by atoms with Crippen LogP contribution in [0.1, 0.15) is 62.7 Å². The van der Waals surface area contributed by atoms with Crippen LogP contribution in [-0.4, -0.2) is 54.5 Å². The number of rotatable bonds is 7. The van der Waals surface area contributed by atoms with Gasteiger partial charge in [0.1, 0.15) is 0 Å². The number of unbranched alkanes of at least 4 members (excludes halogenated alkanes) is 1. The summed E-state index contributed by atoms with van der Waals surface area (Å²) in [5.74, 6) is 0.609. The number of hydrogen-bond donors (Lipinski definition) is 1. The van der Waals surface area contributed by atoms with Gasteiger partial charge in [-0.2, -0.15) is 0 Å². The van der Waals surface area contributed by atoms with E-state index in [9.17, 15) is 0 Å². The smallest absolute Gasteiger partial charge is 0.0677 e. The lowest BCUT2D eigenvalue weighted by atomic mass is 9.80. The van der Waals surface area contributed by atoms with Gasteiger partial charge in [-0.05, 0) is 82.3 Å². The lowest BCUT2D eigenvalue weighted by Gasteiger charge is -2.48. The number of nitrogens with two attached hydrogens (primary N) is 1. The molecule has 2 aliphatic heterocycles. The summed E-state index contributed by atoms with van der Waals surface area (Å²) < 4.78 is 5.89. The standard InChI is InChI=1S/C22H36N4O/c1-16-8-6-11-24-21(16)19-14-18(27-3)15-20(26(19)13-5-4-10-23)22-17(2)9-7-12-25-22/h6,8,11-12,17-20,22H,4-5,7,9-10,13-15,23H2,1-3H3/t17?,18-,19+,20-,22?/m1/s1. The number of aliphatic imine (C=N–C) groups is 1. The summed E-state index contributed by atoms with van der Waals surface area (Å²) in [6, 6.07) is 5.24. The second-order valence-electron chi connectivity index (χ2n) is 8.23. The van der Waals surface area contributed by atoms with Gasteiger partial charge >= 0.3 is 0 Å². The molecule has 0 spiro atoms. The molecule has 1 aromatic heterocycles. The van der Waals surface area contributed by atoms with Crippen molar-refractivity contribution < 1.29 is 4.74 Å². The van der Waals surface area contributed by atoms with Crippen molar-refractivity contribution in [2.75, 3.05) is 20.2 Å². The van der Waals surface area contributed by atoms with Crippen LogP contribution in [0.2, 0.25) is 0 Å². The first kappa shape index (κ1) is 20.4. The molecule has 5 nitrogen and oxygen atoms in total. The fourth-order valence-electron chi connectivity index (χ4n) is 4.85. The number of aromatic nitrogens is 1. The van der Waals surface area contributed by atoms with Crippen molar-refractivity contribution >= 4 is 6.21 Å². The maximum atomic E-state index is 5.89. The largest absolute Gasteiger partial charge is 0.381 e. The first-order valence-electron chi connectivity index (χ1n) is 10.6. The van der Waals surface area contributed by atoms with Gasteiger partial charge in [0, 0.05) is 19.3 Å². The Hall–Kier alpha value is -1.30. The Balaban J connectivity index is 1.94. The van der Waals surface area contributed by atoms with Crippen LogP contribution in [0.15, 0.2) is 23.3 Å². The lowest BCUT2D eigenvalue weighted by Crippen LogP contribution is -2.54. The van der Waals surface area contributed by atoms with E-state index in [0.717, 1.165) is 45.2 Å². The highest BCUT2D eigenvalue weighted by atomic mass is 16.5. The van der Waals surface area contributed by atoms with Crippen molar-refractivity contribution in [3.63, 3.8) is 0 Å². The molecule has 1 fully saturated rings. The fraction of sp³-hybridized carbons (Fsp3) is 0.727. The van der Waals surface area contributed by atoms with E-state index in [1.54, 1.807) is 0 Å². The third kappa shape index (κ3) is 4.76. The van der Waals surface area contributed by atoms with Crippen LogP contribution in [-0.2, 0) is 4.74 Å². The molecule has 0 aliphatic carbocycles. The highest BCUT2D eigenvalue weighted by Gasteiger charge is 2.42. The van der Waals surface area contributed by atoms with Crippen LogP contribution < -0.4 is 5.73 Å². The Labute approximate surface area is 164 Å². The molecule has 5 atom stereocenters. The van der Waals surface area contributed by atoms with Crippen molar-refractivity contribution in [2.24, 2.45) is 16.6 Å². The number of aryl methyl sites for hydroxylation is 1. The van der Waals surface area contributed by atoms with Gasteiger partial charge in [0.05, 0.1) is 23.9 Å². The Morgan fingerprint density at radius 3 is 2.85 bits per heavy atom. The van der Waals surface area contributed by atoms with Crippen LogP contribution in [0.5, 0.6) is 0 Å². The van der Waals surface area contributed by atoms with Gasteiger partial charge in [-0.25, -0.2) is 0 Å². The average molecular weight is 373 g/mol. The van der Waals surface area contributed by atoms with Gasteiger partial charge in [-0.3, -0.25) is 14.9 Å². The zero-order valence-electron chi connectivity index (χ0n) is 17.2. The van der Waals surface area contributed by atoms with Crippen LogP contribution in [0.3, 0.4) is 0 Å². The average Bonchev–Trinajstić information content (AvgIpc) is 2.69. The minimum Gasteiger partial charge on any atom is -0.381 e. The summed E-state index contributed by atoms with van der Waals surface area (Å²) in [6.45, 7) is 6.34. The number of hydrogen-bond acceptors (Lipinski definition) is 5. The molecule has 0 radical (unpaired) electrons. The molecule has 5 heteroatoms. The van der Waals surface area contributed by atoms with Crippen molar-refractivity contribution in [1.82, 2.24) is 9.88 Å². The Morgan fingerprint density at radius 1 is 1.30 bits per heavy atom. The van der Waals surface area contributed by atoms with Crippen LogP contribution in [0.25, 0.3) is 0 Å². The molecule has 0 aromatic carbocycles. The predicted octanol–water partition coefficient (Wildman–Crippen LogP) is 3.52. The van der Waals surface area contributed by atoms with Gasteiger partial charge in [0.25, 0.3) is 0 Å². The highest BCUT2D eigenvalue weighted by molar-refractivity contribution is 5.58. The molecule has 27 heavy (non-hydrogen) atoms. The summed E-state index contributed by atoms with van der Waals surface area (Å²) in [4.78, 5) is 12.4. The molecular formula is C22H36N4O. The Morgan fingerprint density at radius 2 is 2.15 bits per heavy atom. The fourth-order valence-corrected chi connectivity index (χ4v) is 4.85. The molecule has 2 aliphatic rings. The van der Waals surface area contributed by atoms with E-state index in [0.29, 0.717) is 18.0 Å². The van der Waals surface area contributed by atoms with Gasteiger partial charge in [0.2, 0.25) is 0 Å². The Bertz CT molecular complexity index is 620. The van der Waals surface area contributed by atoms with E-state index in [1.165, 1.54) is 17.7 Å². The number of piperidine rings is 1. The van der Waals surface area contributed by atoms with Gasteiger partial charge in [-0.1, -0.05) is 13.0 Å². The van der Waals surface area contributed by atoms with Crippen molar-refractivity contribution in [3.8, 4) is 0 Å².